The van der Waals surface area contributed by atoms with Crippen LogP contribution in [0, 0.1) is 28.6 Å². The maximum atomic E-state index is 15.2. The number of hydrogen-bond donors (Lipinski definition) is 2. The summed E-state index contributed by atoms with van der Waals surface area (Å²) in [6.07, 6.45) is 15.2. The van der Waals surface area contributed by atoms with Gasteiger partial charge in [-0.05, 0) is 108 Å². The highest BCUT2D eigenvalue weighted by Crippen LogP contribution is 2.66. The fraction of sp³-hybridized carbons (Fsp3) is 0.833. The lowest BCUT2D eigenvalue weighted by molar-refractivity contribution is -0.144. The second kappa shape index (κ2) is 16.3. The molecule has 0 aromatic carbocycles. The Kier molecular flexibility index (Phi) is 12.8. The van der Waals surface area contributed by atoms with Crippen molar-refractivity contribution in [2.75, 3.05) is 12.3 Å². The monoisotopic (exact) mass is 757 g/mol. The van der Waals surface area contributed by atoms with Crippen LogP contribution in [0.3, 0.4) is 0 Å². The third kappa shape index (κ3) is 8.96. The van der Waals surface area contributed by atoms with Gasteiger partial charge in [-0.15, -0.1) is 6.58 Å². The number of nitrogens with one attached hydrogen (secondary N) is 2. The van der Waals surface area contributed by atoms with Crippen LogP contribution in [0.4, 0.5) is 4.79 Å². The Morgan fingerprint density at radius 3 is 2.11 bits per heavy atom. The highest BCUT2D eigenvalue weighted by molar-refractivity contribution is 7.92. The summed E-state index contributed by atoms with van der Waals surface area (Å²) in [5.74, 6) is -2.08. The minimum absolute atomic E-state index is 0.00968. The van der Waals surface area contributed by atoms with Crippen LogP contribution in [0.2, 0.25) is 0 Å². The zero-order valence-electron chi connectivity index (χ0n) is 33.2. The molecule has 0 aromatic heterocycles. The molecule has 298 valence electrons. The van der Waals surface area contributed by atoms with Crippen molar-refractivity contribution in [3.8, 4) is 0 Å². The molecule has 0 bridgehead atoms. The fourth-order valence-electron chi connectivity index (χ4n) is 10.5. The fourth-order valence-corrected chi connectivity index (χ4v) is 12.0. The molecule has 53 heavy (non-hydrogen) atoms. The van der Waals surface area contributed by atoms with Crippen LogP contribution in [-0.4, -0.2) is 77.3 Å². The normalized spacial score (nSPS) is 27.0. The Morgan fingerprint density at radius 2 is 1.55 bits per heavy atom. The van der Waals surface area contributed by atoms with Gasteiger partial charge in [0.2, 0.25) is 11.7 Å². The lowest BCUT2D eigenvalue weighted by Crippen LogP contribution is -2.64. The molecule has 1 spiro atoms. The van der Waals surface area contributed by atoms with Crippen LogP contribution in [0.1, 0.15) is 157 Å². The molecule has 0 radical (unpaired) electrons. The van der Waals surface area contributed by atoms with Crippen molar-refractivity contribution in [1.29, 1.82) is 0 Å². The van der Waals surface area contributed by atoms with Crippen molar-refractivity contribution in [2.24, 2.45) is 28.6 Å². The van der Waals surface area contributed by atoms with Gasteiger partial charge in [-0.2, -0.15) is 0 Å². The topological polar surface area (TPSA) is 147 Å². The lowest BCUT2D eigenvalue weighted by Gasteiger charge is -2.44. The highest BCUT2D eigenvalue weighted by atomic mass is 32.2. The van der Waals surface area contributed by atoms with Gasteiger partial charge in [0.25, 0.3) is 0 Å². The minimum Gasteiger partial charge on any atom is -0.332 e. The van der Waals surface area contributed by atoms with Crippen molar-refractivity contribution in [3.05, 3.63) is 12.7 Å². The van der Waals surface area contributed by atoms with Crippen molar-refractivity contribution >= 4 is 39.1 Å². The van der Waals surface area contributed by atoms with Crippen molar-refractivity contribution in [3.63, 3.8) is 0 Å². The van der Waals surface area contributed by atoms with Crippen molar-refractivity contribution < 1.29 is 32.4 Å². The smallest absolute Gasteiger partial charge is 0.315 e. The minimum atomic E-state index is -3.56. The van der Waals surface area contributed by atoms with E-state index in [1.54, 1.807) is 31.7 Å². The van der Waals surface area contributed by atoms with E-state index in [9.17, 15) is 27.6 Å². The Labute approximate surface area is 318 Å². The number of fused-ring (bicyclic) bond motifs is 2. The van der Waals surface area contributed by atoms with Crippen LogP contribution < -0.4 is 10.6 Å². The maximum absolute atomic E-state index is 15.2. The molecule has 4 saturated carbocycles. The van der Waals surface area contributed by atoms with Gasteiger partial charge in [0.05, 0.1) is 22.1 Å². The Hall–Kier alpha value is -2.56. The van der Waals surface area contributed by atoms with Gasteiger partial charge in [-0.3, -0.25) is 19.2 Å². The van der Waals surface area contributed by atoms with Gasteiger partial charge in [-0.1, -0.05) is 64.9 Å². The summed E-state index contributed by atoms with van der Waals surface area (Å²) in [5, 5.41) is 6.25. The second-order valence-electron chi connectivity index (χ2n) is 18.8. The second-order valence-corrected chi connectivity index (χ2v) is 21.6. The van der Waals surface area contributed by atoms with E-state index in [1.807, 2.05) is 6.92 Å². The summed E-state index contributed by atoms with van der Waals surface area (Å²) in [7, 11) is -3.56. The highest BCUT2D eigenvalue weighted by Gasteiger charge is 2.64. The van der Waals surface area contributed by atoms with Gasteiger partial charge in [0.15, 0.2) is 21.4 Å². The molecule has 4 aliphatic carbocycles. The van der Waals surface area contributed by atoms with Gasteiger partial charge in [0, 0.05) is 25.3 Å². The molecule has 1 heterocycles. The van der Waals surface area contributed by atoms with Crippen LogP contribution in [0.25, 0.3) is 0 Å². The molecular weight excluding hydrogens is 691 g/mol. The Bertz CT molecular complexity index is 1510. The quantitative estimate of drug-likeness (QED) is 0.127. The molecule has 1 saturated heterocycles. The Balaban J connectivity index is 1.43. The summed E-state index contributed by atoms with van der Waals surface area (Å²) in [6.45, 7) is 13.2. The molecular formula is C42H67N3O7S. The van der Waals surface area contributed by atoms with Crippen molar-refractivity contribution in [2.45, 2.75) is 179 Å². The molecule has 1 unspecified atom stereocenters. The van der Waals surface area contributed by atoms with Crippen LogP contribution in [0.15, 0.2) is 12.7 Å². The molecule has 5 aliphatic rings. The number of sulfone groups is 1. The number of urea groups is 1. The van der Waals surface area contributed by atoms with Crippen LogP contribution in [-0.2, 0) is 29.0 Å². The number of likely N-dealkylation sites (tertiary alicyclic amines) is 1. The Morgan fingerprint density at radius 1 is 0.925 bits per heavy atom. The van der Waals surface area contributed by atoms with E-state index in [4.69, 9.17) is 0 Å². The first kappa shape index (κ1) is 41.6. The molecule has 5 atom stereocenters. The van der Waals surface area contributed by atoms with Gasteiger partial charge in [0.1, 0.15) is 6.04 Å². The standard InChI is InChI=1S/C42H67N3O7S/c1-7-9-17-32(46)35(48)29(16-8-2)26-33(47)34-30-18-23-41(24-25-41)31(30)27-45(34)37(49)36(40(6)19-12-10-13-20-40)43-38(50)44-42(21-14-11-15-22-42)28-53(51,52)39(3,4)5/h7,29-31,34,36H,1,8-28H2,2-6H3,(H2,43,44,50)/t29?,30-,31-,34-,36+/m0/s1. The summed E-state index contributed by atoms with van der Waals surface area (Å²) in [5.41, 5.74) is -1.33. The summed E-state index contributed by atoms with van der Waals surface area (Å²) in [4.78, 5) is 71.8. The molecule has 11 heteroatoms. The van der Waals surface area contributed by atoms with Crippen LogP contribution in [0.5, 0.6) is 0 Å². The average Bonchev–Trinajstić information content (AvgIpc) is 3.67. The number of Topliss-reactive ketones (excluding diaryl/α,β-unsaturated/α-hetero) is 3. The molecule has 1 aliphatic heterocycles. The first-order valence-corrected chi connectivity index (χ1v) is 22.4. The summed E-state index contributed by atoms with van der Waals surface area (Å²) in [6, 6.07) is -2.14. The van der Waals surface area contributed by atoms with E-state index >= 15 is 4.79 Å². The van der Waals surface area contributed by atoms with E-state index in [2.05, 4.69) is 24.1 Å². The number of nitrogens with zero attached hydrogens (tertiary/aromatic N) is 1. The van der Waals surface area contributed by atoms with E-state index in [1.165, 1.54) is 0 Å². The van der Waals surface area contributed by atoms with Crippen LogP contribution >= 0.6 is 0 Å². The van der Waals surface area contributed by atoms with Crippen molar-refractivity contribution in [1.82, 2.24) is 15.5 Å². The summed E-state index contributed by atoms with van der Waals surface area (Å²) < 4.78 is 26.0. The van der Waals surface area contributed by atoms with Gasteiger partial charge < -0.3 is 15.5 Å². The maximum Gasteiger partial charge on any atom is 0.315 e. The zero-order valence-corrected chi connectivity index (χ0v) is 34.1. The largest absolute Gasteiger partial charge is 0.332 e. The molecule has 5 fully saturated rings. The van der Waals surface area contributed by atoms with E-state index in [-0.39, 0.29) is 47.5 Å². The number of allylic oxidation sites excluding steroid dienone is 1. The number of ketones is 3. The summed E-state index contributed by atoms with van der Waals surface area (Å²) >= 11 is 0. The first-order valence-electron chi connectivity index (χ1n) is 20.7. The van der Waals surface area contributed by atoms with Gasteiger partial charge >= 0.3 is 6.03 Å². The molecule has 5 rings (SSSR count). The average molecular weight is 758 g/mol. The number of carbonyl (C=O) groups excluding carboxylic acids is 5. The van der Waals surface area contributed by atoms with E-state index in [0.29, 0.717) is 38.6 Å². The van der Waals surface area contributed by atoms with E-state index in [0.717, 1.165) is 77.0 Å². The molecule has 0 aromatic rings. The first-order chi connectivity index (χ1) is 24.9. The lowest BCUT2D eigenvalue weighted by atomic mass is 9.70. The van der Waals surface area contributed by atoms with Gasteiger partial charge in [-0.25, -0.2) is 13.2 Å². The number of amides is 3. The number of rotatable bonds is 16. The zero-order chi connectivity index (χ0) is 38.8. The van der Waals surface area contributed by atoms with E-state index < -0.39 is 61.1 Å². The predicted octanol–water partition coefficient (Wildman–Crippen LogP) is 7.04. The molecule has 10 nitrogen and oxygen atoms in total. The number of hydrogen-bond acceptors (Lipinski definition) is 7. The third-order valence-corrected chi connectivity index (χ3v) is 16.8. The number of carbonyl (C=O) groups is 5. The molecule has 2 N–H and O–H groups in total. The SMILES string of the molecule is C=CCCC(=O)C(=O)C(CCC)CC(=O)[C@@H]1[C@H]2CCC3(CC3)[C@H]2CN1C(=O)[C@@H](NC(=O)NC1(CS(=O)(=O)C(C)(C)C)CCCCC1)C1(C)CCCCC1. The molecule has 3 amide bonds. The third-order valence-electron chi connectivity index (χ3n) is 14.0. The predicted molar refractivity (Wildman–Crippen MR) is 207 cm³/mol.